The molecule has 5 heteroatoms. The molecule has 96 valence electrons. The predicted octanol–water partition coefficient (Wildman–Crippen LogP) is 0.930. The van der Waals surface area contributed by atoms with Gasteiger partial charge in [-0.25, -0.2) is 0 Å². The van der Waals surface area contributed by atoms with Gasteiger partial charge in [0.15, 0.2) is 5.78 Å². The molecule has 0 atom stereocenters. The van der Waals surface area contributed by atoms with Crippen LogP contribution in [0.1, 0.15) is 35.3 Å². The maximum Gasteiger partial charge on any atom is 0.307 e. The molecule has 0 spiro atoms. The lowest BCUT2D eigenvalue weighted by molar-refractivity contribution is -0.140. The number of rotatable bonds is 3. The van der Waals surface area contributed by atoms with Crippen molar-refractivity contribution in [3.8, 4) is 0 Å². The van der Waals surface area contributed by atoms with Crippen molar-refractivity contribution in [1.82, 2.24) is 4.57 Å². The van der Waals surface area contributed by atoms with Crippen molar-refractivity contribution < 1.29 is 14.3 Å². The summed E-state index contributed by atoms with van der Waals surface area (Å²) in [6.45, 7) is 0.266. The Morgan fingerprint density at radius 2 is 2.11 bits per heavy atom. The van der Waals surface area contributed by atoms with Crippen LogP contribution in [0.5, 0.6) is 0 Å². The zero-order valence-electron chi connectivity index (χ0n) is 10.3. The summed E-state index contributed by atoms with van der Waals surface area (Å²) in [6, 6.07) is 2.98. The van der Waals surface area contributed by atoms with Gasteiger partial charge >= 0.3 is 5.97 Å². The standard InChI is InChI=1S/C13H15NO4/c1-18-13(17)7-8-14-10-3-2-4-11(15)9(10)5-6-12(14)16/h5-6H,2-4,7-8H2,1H3. The molecule has 0 radical (unpaired) electrons. The Morgan fingerprint density at radius 3 is 2.83 bits per heavy atom. The minimum atomic E-state index is -0.360. The summed E-state index contributed by atoms with van der Waals surface area (Å²) >= 11 is 0. The number of ether oxygens (including phenoxy) is 1. The maximum absolute atomic E-state index is 11.8. The van der Waals surface area contributed by atoms with Gasteiger partial charge in [-0.3, -0.25) is 14.4 Å². The van der Waals surface area contributed by atoms with E-state index in [2.05, 4.69) is 4.74 Å². The third-order valence-corrected chi connectivity index (χ3v) is 3.18. The average molecular weight is 249 g/mol. The minimum absolute atomic E-state index is 0.0723. The molecule has 0 bridgehead atoms. The highest BCUT2D eigenvalue weighted by molar-refractivity contribution is 5.97. The van der Waals surface area contributed by atoms with E-state index in [1.54, 1.807) is 6.07 Å². The predicted molar refractivity (Wildman–Crippen MR) is 64.6 cm³/mol. The van der Waals surface area contributed by atoms with Crippen LogP contribution >= 0.6 is 0 Å². The van der Waals surface area contributed by atoms with Crippen molar-refractivity contribution >= 4 is 11.8 Å². The molecular formula is C13H15NO4. The van der Waals surface area contributed by atoms with Crippen LogP contribution in [0, 0.1) is 0 Å². The highest BCUT2D eigenvalue weighted by atomic mass is 16.5. The Balaban J connectivity index is 2.34. The number of nitrogens with zero attached hydrogens (tertiary/aromatic N) is 1. The van der Waals surface area contributed by atoms with Crippen molar-refractivity contribution in [3.63, 3.8) is 0 Å². The lowest BCUT2D eigenvalue weighted by atomic mass is 9.94. The number of hydrogen-bond acceptors (Lipinski definition) is 4. The van der Waals surface area contributed by atoms with Crippen LogP contribution in [0.3, 0.4) is 0 Å². The summed E-state index contributed by atoms with van der Waals surface area (Å²) in [5.41, 5.74) is 1.20. The molecule has 1 aliphatic rings. The smallest absolute Gasteiger partial charge is 0.307 e. The Kier molecular flexibility index (Phi) is 3.60. The Bertz CT molecular complexity index is 544. The second-order valence-corrected chi connectivity index (χ2v) is 4.29. The van der Waals surface area contributed by atoms with E-state index in [1.807, 2.05) is 0 Å². The molecule has 18 heavy (non-hydrogen) atoms. The number of carbonyl (C=O) groups excluding carboxylic acids is 2. The fraction of sp³-hybridized carbons (Fsp3) is 0.462. The molecule has 1 aliphatic carbocycles. The minimum Gasteiger partial charge on any atom is -0.469 e. The van der Waals surface area contributed by atoms with Gasteiger partial charge in [0.2, 0.25) is 0 Å². The van der Waals surface area contributed by atoms with E-state index in [9.17, 15) is 14.4 Å². The fourth-order valence-electron chi connectivity index (χ4n) is 2.24. The van der Waals surface area contributed by atoms with Gasteiger partial charge in [0.05, 0.1) is 13.5 Å². The average Bonchev–Trinajstić information content (AvgIpc) is 2.37. The summed E-state index contributed by atoms with van der Waals surface area (Å²) in [5, 5.41) is 0. The number of methoxy groups -OCH3 is 1. The van der Waals surface area contributed by atoms with Crippen molar-refractivity contribution in [2.45, 2.75) is 32.2 Å². The molecule has 0 N–H and O–H groups in total. The summed E-state index contributed by atoms with van der Waals surface area (Å²) in [5.74, 6) is -0.287. The largest absolute Gasteiger partial charge is 0.469 e. The first-order chi connectivity index (χ1) is 8.63. The number of aromatic nitrogens is 1. The molecule has 0 fully saturated rings. The monoisotopic (exact) mass is 249 g/mol. The second kappa shape index (κ2) is 5.16. The Morgan fingerprint density at radius 1 is 1.33 bits per heavy atom. The zero-order chi connectivity index (χ0) is 13.1. The van der Waals surface area contributed by atoms with E-state index in [1.165, 1.54) is 17.7 Å². The van der Waals surface area contributed by atoms with Gasteiger partial charge in [0, 0.05) is 30.3 Å². The lowest BCUT2D eigenvalue weighted by Crippen LogP contribution is -2.28. The molecule has 1 aromatic rings. The third kappa shape index (κ3) is 2.34. The summed E-state index contributed by atoms with van der Waals surface area (Å²) in [7, 11) is 1.31. The number of Topliss-reactive ketones (excluding diaryl/α,β-unsaturated/α-hetero) is 1. The third-order valence-electron chi connectivity index (χ3n) is 3.18. The molecule has 1 heterocycles. The van der Waals surface area contributed by atoms with Crippen LogP contribution in [0.2, 0.25) is 0 Å². The van der Waals surface area contributed by atoms with Gasteiger partial charge in [-0.15, -0.1) is 0 Å². The molecule has 0 aromatic carbocycles. The van der Waals surface area contributed by atoms with E-state index in [4.69, 9.17) is 0 Å². The van der Waals surface area contributed by atoms with E-state index in [0.717, 1.165) is 12.1 Å². The summed E-state index contributed by atoms with van der Waals surface area (Å²) in [4.78, 5) is 34.7. The van der Waals surface area contributed by atoms with Crippen LogP contribution in [-0.2, 0) is 22.5 Å². The fourth-order valence-corrected chi connectivity index (χ4v) is 2.24. The van der Waals surface area contributed by atoms with Crippen LogP contribution < -0.4 is 5.56 Å². The van der Waals surface area contributed by atoms with Gasteiger partial charge in [-0.1, -0.05) is 0 Å². The van der Waals surface area contributed by atoms with Crippen LogP contribution in [-0.4, -0.2) is 23.4 Å². The van der Waals surface area contributed by atoms with Crippen molar-refractivity contribution in [3.05, 3.63) is 33.7 Å². The van der Waals surface area contributed by atoms with Crippen LogP contribution in [0.25, 0.3) is 0 Å². The van der Waals surface area contributed by atoms with Gasteiger partial charge in [0.1, 0.15) is 0 Å². The Labute approximate surface area is 104 Å². The zero-order valence-corrected chi connectivity index (χ0v) is 10.3. The molecule has 0 saturated heterocycles. The van der Waals surface area contributed by atoms with Gasteiger partial charge in [0.25, 0.3) is 5.56 Å². The number of ketones is 1. The number of pyridine rings is 1. The molecular weight excluding hydrogens is 234 g/mol. The van der Waals surface area contributed by atoms with Crippen molar-refractivity contribution in [1.29, 1.82) is 0 Å². The highest BCUT2D eigenvalue weighted by Gasteiger charge is 2.20. The highest BCUT2D eigenvalue weighted by Crippen LogP contribution is 2.19. The second-order valence-electron chi connectivity index (χ2n) is 4.29. The Hall–Kier alpha value is -1.91. The van der Waals surface area contributed by atoms with Crippen LogP contribution in [0.4, 0.5) is 0 Å². The first-order valence-electron chi connectivity index (χ1n) is 5.96. The first kappa shape index (κ1) is 12.5. The van der Waals surface area contributed by atoms with E-state index in [-0.39, 0.29) is 30.3 Å². The van der Waals surface area contributed by atoms with Crippen molar-refractivity contribution in [2.75, 3.05) is 7.11 Å². The molecule has 0 amide bonds. The van der Waals surface area contributed by atoms with E-state index in [0.29, 0.717) is 18.4 Å². The number of carbonyl (C=O) groups is 2. The van der Waals surface area contributed by atoms with Crippen molar-refractivity contribution in [2.24, 2.45) is 0 Å². The van der Waals surface area contributed by atoms with Gasteiger partial charge < -0.3 is 9.30 Å². The molecule has 1 aromatic heterocycles. The molecule has 0 saturated carbocycles. The van der Waals surface area contributed by atoms with Gasteiger partial charge in [-0.2, -0.15) is 0 Å². The molecule has 2 rings (SSSR count). The number of fused-ring (bicyclic) bond motifs is 1. The quantitative estimate of drug-likeness (QED) is 0.747. The summed E-state index contributed by atoms with van der Waals surface area (Å²) in [6.07, 6.45) is 2.13. The topological polar surface area (TPSA) is 65.4 Å². The van der Waals surface area contributed by atoms with Gasteiger partial charge in [-0.05, 0) is 18.9 Å². The van der Waals surface area contributed by atoms with Crippen LogP contribution in [0.15, 0.2) is 16.9 Å². The number of esters is 1. The molecule has 5 nitrogen and oxygen atoms in total. The molecule has 0 unspecified atom stereocenters. The number of hydrogen-bond donors (Lipinski definition) is 0. The maximum atomic E-state index is 11.8. The first-order valence-corrected chi connectivity index (χ1v) is 5.96. The van der Waals surface area contributed by atoms with E-state index < -0.39 is 0 Å². The summed E-state index contributed by atoms with van der Waals surface area (Å²) < 4.78 is 6.07. The lowest BCUT2D eigenvalue weighted by Gasteiger charge is -2.19. The normalized spacial score (nSPS) is 14.2. The molecule has 0 aliphatic heterocycles. The van der Waals surface area contributed by atoms with E-state index >= 15 is 0 Å². The SMILES string of the molecule is COC(=O)CCn1c2c(ccc1=O)C(=O)CCC2.